The smallest absolute Gasteiger partial charge is 0.266 e. The minimum Gasteiger partial charge on any atom is -0.324 e. The van der Waals surface area contributed by atoms with Gasteiger partial charge in [0.15, 0.2) is 5.16 Å². The van der Waals surface area contributed by atoms with Crippen LogP contribution < -0.4 is 10.9 Å². The summed E-state index contributed by atoms with van der Waals surface area (Å²) in [5.41, 5.74) is -0.0353. The van der Waals surface area contributed by atoms with Crippen molar-refractivity contribution in [1.82, 2.24) is 9.55 Å². The van der Waals surface area contributed by atoms with Crippen LogP contribution in [0.15, 0.2) is 70.6 Å². The minimum absolute atomic E-state index is 0.0599. The average molecular weight is 492 g/mol. The first-order chi connectivity index (χ1) is 15.3. The molecular weight excluding hydrogens is 479 g/mol. The SMILES string of the molecule is O=C(CSc1nc2ccc(Cl)cc2c(=O)n1-c1ccc(F)cc1F)Nc1ccccc1Cl. The van der Waals surface area contributed by atoms with Gasteiger partial charge in [-0.3, -0.25) is 14.2 Å². The number of fused-ring (bicyclic) bond motifs is 1. The molecule has 0 spiro atoms. The molecule has 0 aliphatic heterocycles. The van der Waals surface area contributed by atoms with Gasteiger partial charge in [0.05, 0.1) is 33.1 Å². The molecule has 0 saturated heterocycles. The van der Waals surface area contributed by atoms with Crippen LogP contribution >= 0.6 is 35.0 Å². The monoisotopic (exact) mass is 491 g/mol. The Morgan fingerprint density at radius 2 is 1.84 bits per heavy atom. The quantitative estimate of drug-likeness (QED) is 0.287. The molecule has 0 unspecified atom stereocenters. The first-order valence-corrected chi connectivity index (χ1v) is 10.9. The molecule has 0 bridgehead atoms. The number of carbonyl (C=O) groups excluding carboxylic acids is 1. The number of amides is 1. The van der Waals surface area contributed by atoms with Gasteiger partial charge in [0.1, 0.15) is 11.6 Å². The average Bonchev–Trinajstić information content (AvgIpc) is 2.75. The van der Waals surface area contributed by atoms with Crippen molar-refractivity contribution in [2.75, 3.05) is 11.1 Å². The van der Waals surface area contributed by atoms with Crippen molar-refractivity contribution in [3.05, 3.63) is 92.7 Å². The molecule has 1 aromatic heterocycles. The van der Waals surface area contributed by atoms with Crippen LogP contribution in [0.3, 0.4) is 0 Å². The Balaban J connectivity index is 1.74. The highest BCUT2D eigenvalue weighted by atomic mass is 35.5. The Kier molecular flexibility index (Phi) is 6.45. The second-order valence-electron chi connectivity index (χ2n) is 6.61. The maximum atomic E-state index is 14.5. The number of nitrogens with zero attached hydrogens (tertiary/aromatic N) is 2. The van der Waals surface area contributed by atoms with Crippen LogP contribution in [-0.2, 0) is 4.79 Å². The lowest BCUT2D eigenvalue weighted by Gasteiger charge is -2.14. The first-order valence-electron chi connectivity index (χ1n) is 9.18. The summed E-state index contributed by atoms with van der Waals surface area (Å²) in [4.78, 5) is 30.1. The molecule has 1 heterocycles. The minimum atomic E-state index is -0.947. The van der Waals surface area contributed by atoms with Crippen LogP contribution in [0, 0.1) is 11.6 Å². The zero-order chi connectivity index (χ0) is 22.8. The Bertz CT molecular complexity index is 1410. The van der Waals surface area contributed by atoms with Gasteiger partial charge in [-0.1, -0.05) is 47.1 Å². The highest BCUT2D eigenvalue weighted by Crippen LogP contribution is 2.26. The number of halogens is 4. The van der Waals surface area contributed by atoms with Crippen LogP contribution in [0.25, 0.3) is 16.6 Å². The Morgan fingerprint density at radius 3 is 2.59 bits per heavy atom. The number of hydrogen-bond acceptors (Lipinski definition) is 4. The molecule has 0 saturated carbocycles. The lowest BCUT2D eigenvalue weighted by Crippen LogP contribution is -2.24. The number of rotatable bonds is 5. The van der Waals surface area contributed by atoms with E-state index in [1.165, 1.54) is 6.07 Å². The second-order valence-corrected chi connectivity index (χ2v) is 8.39. The molecule has 0 aliphatic rings. The van der Waals surface area contributed by atoms with E-state index in [9.17, 15) is 18.4 Å². The largest absolute Gasteiger partial charge is 0.324 e. The first kappa shape index (κ1) is 22.3. The molecule has 10 heteroatoms. The molecule has 0 atom stereocenters. The summed E-state index contributed by atoms with van der Waals surface area (Å²) in [7, 11) is 0. The van der Waals surface area contributed by atoms with Crippen LogP contribution in [-0.4, -0.2) is 21.2 Å². The third kappa shape index (κ3) is 4.62. The molecule has 3 aromatic carbocycles. The predicted octanol–water partition coefficient (Wildman–Crippen LogP) is 5.70. The van der Waals surface area contributed by atoms with E-state index in [1.54, 1.807) is 36.4 Å². The van der Waals surface area contributed by atoms with E-state index in [-0.39, 0.29) is 22.0 Å². The topological polar surface area (TPSA) is 64.0 Å². The van der Waals surface area contributed by atoms with Crippen molar-refractivity contribution < 1.29 is 13.6 Å². The number of benzene rings is 3. The number of para-hydroxylation sites is 1. The summed E-state index contributed by atoms with van der Waals surface area (Å²) in [6.45, 7) is 0. The molecule has 4 aromatic rings. The van der Waals surface area contributed by atoms with Gasteiger partial charge in [-0.25, -0.2) is 13.8 Å². The van der Waals surface area contributed by atoms with Crippen LogP contribution in [0.5, 0.6) is 0 Å². The van der Waals surface area contributed by atoms with Gasteiger partial charge in [-0.05, 0) is 42.5 Å². The zero-order valence-corrected chi connectivity index (χ0v) is 18.4. The van der Waals surface area contributed by atoms with Crippen LogP contribution in [0.4, 0.5) is 14.5 Å². The van der Waals surface area contributed by atoms with Crippen molar-refractivity contribution in [2.45, 2.75) is 5.16 Å². The van der Waals surface area contributed by atoms with E-state index in [1.807, 2.05) is 0 Å². The van der Waals surface area contributed by atoms with E-state index in [0.717, 1.165) is 28.5 Å². The van der Waals surface area contributed by atoms with Gasteiger partial charge in [0, 0.05) is 11.1 Å². The van der Waals surface area contributed by atoms with Crippen molar-refractivity contribution >= 4 is 57.5 Å². The second kappa shape index (κ2) is 9.28. The van der Waals surface area contributed by atoms with Gasteiger partial charge < -0.3 is 5.32 Å². The van der Waals surface area contributed by atoms with Gasteiger partial charge in [0.2, 0.25) is 5.91 Å². The molecule has 1 N–H and O–H groups in total. The molecular formula is C22H13Cl2F2N3O2S. The maximum Gasteiger partial charge on any atom is 0.266 e. The number of hydrogen-bond donors (Lipinski definition) is 1. The fraction of sp³-hybridized carbons (Fsp3) is 0.0455. The van der Waals surface area contributed by atoms with Gasteiger partial charge in [-0.2, -0.15) is 0 Å². The summed E-state index contributed by atoms with van der Waals surface area (Å²) in [6, 6.07) is 14.1. The highest BCUT2D eigenvalue weighted by molar-refractivity contribution is 7.99. The zero-order valence-electron chi connectivity index (χ0n) is 16.1. The fourth-order valence-electron chi connectivity index (χ4n) is 2.99. The molecule has 0 fully saturated rings. The third-order valence-corrected chi connectivity index (χ3v) is 5.93. The van der Waals surface area contributed by atoms with Crippen LogP contribution in [0.2, 0.25) is 10.0 Å². The highest BCUT2D eigenvalue weighted by Gasteiger charge is 2.18. The Hall–Kier alpha value is -2.94. The predicted molar refractivity (Wildman–Crippen MR) is 123 cm³/mol. The number of nitrogens with one attached hydrogen (secondary N) is 1. The summed E-state index contributed by atoms with van der Waals surface area (Å²) < 4.78 is 29.0. The Morgan fingerprint density at radius 1 is 1.06 bits per heavy atom. The molecule has 5 nitrogen and oxygen atoms in total. The van der Waals surface area contributed by atoms with Crippen molar-refractivity contribution in [1.29, 1.82) is 0 Å². The van der Waals surface area contributed by atoms with E-state index in [2.05, 4.69) is 10.3 Å². The fourth-order valence-corrected chi connectivity index (χ4v) is 4.15. The van der Waals surface area contributed by atoms with E-state index in [0.29, 0.717) is 27.3 Å². The van der Waals surface area contributed by atoms with Crippen molar-refractivity contribution in [3.63, 3.8) is 0 Å². The van der Waals surface area contributed by atoms with Crippen molar-refractivity contribution in [2.24, 2.45) is 0 Å². The number of carbonyl (C=O) groups is 1. The lowest BCUT2D eigenvalue weighted by atomic mass is 10.2. The van der Waals surface area contributed by atoms with E-state index < -0.39 is 23.1 Å². The molecule has 0 radical (unpaired) electrons. The maximum absolute atomic E-state index is 14.5. The summed E-state index contributed by atoms with van der Waals surface area (Å²) in [5.74, 6) is -2.28. The van der Waals surface area contributed by atoms with Crippen LogP contribution in [0.1, 0.15) is 0 Å². The van der Waals surface area contributed by atoms with Gasteiger partial charge in [0.25, 0.3) is 5.56 Å². The summed E-state index contributed by atoms with van der Waals surface area (Å²) >= 11 is 13.0. The Labute approximate surface area is 195 Å². The number of anilines is 1. The molecule has 162 valence electrons. The molecule has 1 amide bonds. The van der Waals surface area contributed by atoms with Crippen molar-refractivity contribution in [3.8, 4) is 5.69 Å². The normalized spacial score (nSPS) is 11.0. The number of thioether (sulfide) groups is 1. The molecule has 0 aliphatic carbocycles. The molecule has 32 heavy (non-hydrogen) atoms. The van der Waals surface area contributed by atoms with E-state index >= 15 is 0 Å². The standard InChI is InChI=1S/C22H13Cl2F2N3O2S/c23-12-5-7-17-14(9-12)21(31)29(19-8-6-13(25)10-16(19)26)22(28-17)32-11-20(30)27-18-4-2-1-3-15(18)24/h1-10H,11H2,(H,27,30). The number of aromatic nitrogens is 2. The third-order valence-electron chi connectivity index (χ3n) is 4.43. The van der Waals surface area contributed by atoms with Gasteiger partial charge in [-0.15, -0.1) is 0 Å². The lowest BCUT2D eigenvalue weighted by molar-refractivity contribution is -0.113. The van der Waals surface area contributed by atoms with E-state index in [4.69, 9.17) is 23.2 Å². The summed E-state index contributed by atoms with van der Waals surface area (Å²) in [5, 5.41) is 3.57. The summed E-state index contributed by atoms with van der Waals surface area (Å²) in [6.07, 6.45) is 0. The molecule has 4 rings (SSSR count). The van der Waals surface area contributed by atoms with Gasteiger partial charge >= 0.3 is 0 Å².